The Kier molecular flexibility index (Phi) is 3.13. The van der Waals surface area contributed by atoms with E-state index >= 15 is 0 Å². The average Bonchev–Trinajstić information content (AvgIpc) is 2.80. The van der Waals surface area contributed by atoms with E-state index in [9.17, 15) is 0 Å². The smallest absolute Gasteiger partial charge is 0.184 e. The molecule has 0 spiro atoms. The summed E-state index contributed by atoms with van der Waals surface area (Å²) in [6, 6.07) is 6.29. The van der Waals surface area contributed by atoms with Gasteiger partial charge in [-0.2, -0.15) is 0 Å². The molecular formula is C14H14N4S. The van der Waals surface area contributed by atoms with Gasteiger partial charge in [0, 0.05) is 6.20 Å². The number of hydrogen-bond donors (Lipinski definition) is 1. The fraction of sp³-hybridized carbons (Fsp3) is 0.214. The van der Waals surface area contributed by atoms with Gasteiger partial charge in [-0.3, -0.25) is 9.97 Å². The van der Waals surface area contributed by atoms with E-state index in [1.54, 1.807) is 23.7 Å². The van der Waals surface area contributed by atoms with Gasteiger partial charge in [-0.15, -0.1) is 0 Å². The molecule has 2 heterocycles. The van der Waals surface area contributed by atoms with Gasteiger partial charge in [0.2, 0.25) is 0 Å². The third-order valence-electron chi connectivity index (χ3n) is 2.80. The number of nitrogens with one attached hydrogen (secondary N) is 1. The first kappa shape index (κ1) is 12.0. The zero-order valence-electron chi connectivity index (χ0n) is 10.8. The number of fused-ring (bicyclic) bond motifs is 1. The summed E-state index contributed by atoms with van der Waals surface area (Å²) >= 11 is 1.66. The lowest BCUT2D eigenvalue weighted by Crippen LogP contribution is -2.02. The number of aryl methyl sites for hydroxylation is 2. The number of hydrogen-bond acceptors (Lipinski definition) is 5. The monoisotopic (exact) mass is 270 g/mol. The number of thiazole rings is 1. The molecule has 19 heavy (non-hydrogen) atoms. The predicted molar refractivity (Wildman–Crippen MR) is 78.5 cm³/mol. The summed E-state index contributed by atoms with van der Waals surface area (Å²) in [7, 11) is 0. The van der Waals surface area contributed by atoms with Crippen LogP contribution in [0.25, 0.3) is 10.2 Å². The molecule has 0 fully saturated rings. The van der Waals surface area contributed by atoms with E-state index in [2.05, 4.69) is 45.4 Å². The van der Waals surface area contributed by atoms with Crippen molar-refractivity contribution in [2.75, 3.05) is 5.32 Å². The SMILES string of the molecule is Cc1ccc2nc(NCc3cnc(C)cn3)sc2c1. The molecule has 0 aliphatic heterocycles. The minimum absolute atomic E-state index is 0.645. The lowest BCUT2D eigenvalue weighted by molar-refractivity contribution is 0.983. The van der Waals surface area contributed by atoms with Crippen LogP contribution in [0, 0.1) is 13.8 Å². The Morgan fingerprint density at radius 3 is 2.84 bits per heavy atom. The van der Waals surface area contributed by atoms with Crippen LogP contribution in [0.15, 0.2) is 30.6 Å². The standard InChI is InChI=1S/C14H14N4S/c1-9-3-4-12-13(5-9)19-14(18-12)17-8-11-7-15-10(2)6-16-11/h3-7H,8H2,1-2H3,(H,17,18). The minimum Gasteiger partial charge on any atom is -0.356 e. The van der Waals surface area contributed by atoms with Gasteiger partial charge in [0.05, 0.1) is 34.3 Å². The number of nitrogens with zero attached hydrogens (tertiary/aromatic N) is 3. The van der Waals surface area contributed by atoms with Gasteiger partial charge in [0.25, 0.3) is 0 Å². The highest BCUT2D eigenvalue weighted by Crippen LogP contribution is 2.26. The molecule has 0 aliphatic rings. The van der Waals surface area contributed by atoms with Crippen molar-refractivity contribution in [1.82, 2.24) is 15.0 Å². The molecule has 0 radical (unpaired) electrons. The van der Waals surface area contributed by atoms with E-state index < -0.39 is 0 Å². The highest BCUT2D eigenvalue weighted by Gasteiger charge is 2.04. The Hall–Kier alpha value is -2.01. The molecule has 0 saturated carbocycles. The number of aromatic nitrogens is 3. The Balaban J connectivity index is 1.76. The quantitative estimate of drug-likeness (QED) is 0.793. The molecule has 0 atom stereocenters. The van der Waals surface area contributed by atoms with Gasteiger partial charge in [0.15, 0.2) is 5.13 Å². The first-order chi connectivity index (χ1) is 9.20. The van der Waals surface area contributed by atoms with Crippen molar-refractivity contribution in [3.63, 3.8) is 0 Å². The van der Waals surface area contributed by atoms with E-state index in [1.165, 1.54) is 10.3 Å². The van der Waals surface area contributed by atoms with Gasteiger partial charge in [-0.1, -0.05) is 17.4 Å². The lowest BCUT2D eigenvalue weighted by Gasteiger charge is -2.01. The Morgan fingerprint density at radius 2 is 2.05 bits per heavy atom. The second-order valence-electron chi connectivity index (χ2n) is 4.49. The zero-order chi connectivity index (χ0) is 13.2. The lowest BCUT2D eigenvalue weighted by atomic mass is 10.2. The highest BCUT2D eigenvalue weighted by molar-refractivity contribution is 7.22. The van der Waals surface area contributed by atoms with E-state index in [1.807, 2.05) is 6.92 Å². The topological polar surface area (TPSA) is 50.7 Å². The largest absolute Gasteiger partial charge is 0.356 e. The van der Waals surface area contributed by atoms with Crippen molar-refractivity contribution in [3.8, 4) is 0 Å². The summed E-state index contributed by atoms with van der Waals surface area (Å²) in [4.78, 5) is 13.1. The fourth-order valence-electron chi connectivity index (χ4n) is 1.78. The summed E-state index contributed by atoms with van der Waals surface area (Å²) in [5, 5.41) is 4.21. The molecule has 1 N–H and O–H groups in total. The summed E-state index contributed by atoms with van der Waals surface area (Å²) in [5.41, 5.74) is 4.14. The molecule has 3 aromatic rings. The summed E-state index contributed by atoms with van der Waals surface area (Å²) < 4.78 is 1.21. The van der Waals surface area contributed by atoms with Crippen molar-refractivity contribution in [3.05, 3.63) is 47.5 Å². The molecule has 96 valence electrons. The van der Waals surface area contributed by atoms with E-state index in [0.29, 0.717) is 6.54 Å². The van der Waals surface area contributed by atoms with Gasteiger partial charge >= 0.3 is 0 Å². The molecule has 2 aromatic heterocycles. The van der Waals surface area contributed by atoms with Crippen LogP contribution in [0.3, 0.4) is 0 Å². The van der Waals surface area contributed by atoms with Crippen LogP contribution in [-0.2, 0) is 6.54 Å². The van der Waals surface area contributed by atoms with Crippen molar-refractivity contribution in [1.29, 1.82) is 0 Å². The number of rotatable bonds is 3. The summed E-state index contributed by atoms with van der Waals surface area (Å²) in [6.07, 6.45) is 3.57. The van der Waals surface area contributed by atoms with Crippen LogP contribution >= 0.6 is 11.3 Å². The Morgan fingerprint density at radius 1 is 1.16 bits per heavy atom. The van der Waals surface area contributed by atoms with Gasteiger partial charge in [-0.25, -0.2) is 4.98 Å². The van der Waals surface area contributed by atoms with Crippen molar-refractivity contribution in [2.24, 2.45) is 0 Å². The summed E-state index contributed by atoms with van der Waals surface area (Å²) in [6.45, 7) is 4.67. The van der Waals surface area contributed by atoms with Crippen LogP contribution in [-0.4, -0.2) is 15.0 Å². The molecule has 5 heteroatoms. The van der Waals surface area contributed by atoms with Crippen LogP contribution in [0.4, 0.5) is 5.13 Å². The predicted octanol–water partition coefficient (Wildman–Crippen LogP) is 3.32. The number of anilines is 1. The van der Waals surface area contributed by atoms with Gasteiger partial charge in [-0.05, 0) is 31.5 Å². The molecule has 0 unspecified atom stereocenters. The summed E-state index contributed by atoms with van der Waals surface area (Å²) in [5.74, 6) is 0. The first-order valence-electron chi connectivity index (χ1n) is 6.09. The average molecular weight is 270 g/mol. The van der Waals surface area contributed by atoms with Gasteiger partial charge in [0.1, 0.15) is 0 Å². The maximum atomic E-state index is 4.55. The molecule has 0 bridgehead atoms. The molecule has 3 rings (SSSR count). The third-order valence-corrected chi connectivity index (χ3v) is 3.77. The van der Waals surface area contributed by atoms with Gasteiger partial charge < -0.3 is 5.32 Å². The molecular weight excluding hydrogens is 256 g/mol. The minimum atomic E-state index is 0.645. The van der Waals surface area contributed by atoms with Crippen molar-refractivity contribution >= 4 is 26.7 Å². The van der Waals surface area contributed by atoms with Crippen LogP contribution in [0.2, 0.25) is 0 Å². The van der Waals surface area contributed by atoms with E-state index in [0.717, 1.165) is 22.0 Å². The van der Waals surface area contributed by atoms with Crippen LogP contribution in [0.1, 0.15) is 17.0 Å². The normalized spacial score (nSPS) is 10.8. The third kappa shape index (κ3) is 2.71. The number of benzene rings is 1. The molecule has 0 amide bonds. The van der Waals surface area contributed by atoms with E-state index in [-0.39, 0.29) is 0 Å². The Labute approximate surface area is 115 Å². The first-order valence-corrected chi connectivity index (χ1v) is 6.91. The highest BCUT2D eigenvalue weighted by atomic mass is 32.1. The van der Waals surface area contributed by atoms with Crippen molar-refractivity contribution < 1.29 is 0 Å². The molecule has 4 nitrogen and oxygen atoms in total. The molecule has 1 aromatic carbocycles. The van der Waals surface area contributed by atoms with Crippen LogP contribution in [0.5, 0.6) is 0 Å². The molecule has 0 saturated heterocycles. The fourth-order valence-corrected chi connectivity index (χ4v) is 2.74. The zero-order valence-corrected chi connectivity index (χ0v) is 11.7. The molecule has 0 aliphatic carbocycles. The van der Waals surface area contributed by atoms with E-state index in [4.69, 9.17) is 0 Å². The van der Waals surface area contributed by atoms with Crippen molar-refractivity contribution in [2.45, 2.75) is 20.4 Å². The maximum Gasteiger partial charge on any atom is 0.184 e. The maximum absolute atomic E-state index is 4.55. The van der Waals surface area contributed by atoms with Crippen LogP contribution < -0.4 is 5.32 Å². The second-order valence-corrected chi connectivity index (χ2v) is 5.52. The Bertz CT molecular complexity index is 703. The second kappa shape index (κ2) is 4.93.